The molecule has 1 saturated carbocycles. The van der Waals surface area contributed by atoms with Crippen LogP contribution >= 0.6 is 0 Å². The second kappa shape index (κ2) is 4.73. The fraction of sp³-hybridized carbons (Fsp3) is 0.462. The Morgan fingerprint density at radius 3 is 2.65 bits per heavy atom. The summed E-state index contributed by atoms with van der Waals surface area (Å²) in [7, 11) is 0. The number of carboxylic acids is 1. The maximum absolute atomic E-state index is 13.2. The molecule has 3 nitrogen and oxygen atoms in total. The Morgan fingerprint density at radius 2 is 2.18 bits per heavy atom. The number of aryl methyl sites for hydroxylation is 1. The van der Waals surface area contributed by atoms with E-state index in [0.717, 1.165) is 24.8 Å². The fourth-order valence-corrected chi connectivity index (χ4v) is 2.15. The van der Waals surface area contributed by atoms with Crippen LogP contribution in [0.25, 0.3) is 0 Å². The van der Waals surface area contributed by atoms with E-state index in [1.165, 1.54) is 12.1 Å². The van der Waals surface area contributed by atoms with Gasteiger partial charge in [0, 0.05) is 5.69 Å². The number of aliphatic carboxylic acids is 1. The number of hydrogen-bond acceptors (Lipinski definition) is 2. The van der Waals surface area contributed by atoms with E-state index in [-0.39, 0.29) is 11.7 Å². The molecule has 1 fully saturated rings. The van der Waals surface area contributed by atoms with Gasteiger partial charge in [-0.05, 0) is 49.4 Å². The average Bonchev–Trinajstić information content (AvgIpc) is 2.11. The number of benzene rings is 1. The zero-order chi connectivity index (χ0) is 12.4. The molecule has 1 aliphatic carbocycles. The van der Waals surface area contributed by atoms with E-state index < -0.39 is 12.0 Å². The lowest BCUT2D eigenvalue weighted by Crippen LogP contribution is -2.40. The number of carboxylic acid groups (broad SMARTS) is 1. The molecule has 92 valence electrons. The van der Waals surface area contributed by atoms with Crippen LogP contribution in [0.5, 0.6) is 0 Å². The number of anilines is 1. The monoisotopic (exact) mass is 237 g/mol. The lowest BCUT2D eigenvalue weighted by Gasteiger charge is -2.32. The molecular weight excluding hydrogens is 221 g/mol. The third-order valence-electron chi connectivity index (χ3n) is 3.25. The summed E-state index contributed by atoms with van der Waals surface area (Å²) in [5.74, 6) is -1.04. The first-order valence-corrected chi connectivity index (χ1v) is 5.83. The van der Waals surface area contributed by atoms with Crippen LogP contribution in [0.1, 0.15) is 24.8 Å². The van der Waals surface area contributed by atoms with Crippen LogP contribution in [0.2, 0.25) is 0 Å². The van der Waals surface area contributed by atoms with Gasteiger partial charge >= 0.3 is 5.97 Å². The minimum Gasteiger partial charge on any atom is -0.480 e. The Hall–Kier alpha value is -1.58. The van der Waals surface area contributed by atoms with Crippen molar-refractivity contribution >= 4 is 11.7 Å². The number of halogens is 1. The van der Waals surface area contributed by atoms with Gasteiger partial charge < -0.3 is 10.4 Å². The van der Waals surface area contributed by atoms with Gasteiger partial charge in [0.25, 0.3) is 0 Å². The molecule has 1 atom stereocenters. The highest BCUT2D eigenvalue weighted by molar-refractivity contribution is 5.78. The van der Waals surface area contributed by atoms with Gasteiger partial charge in [-0.3, -0.25) is 0 Å². The van der Waals surface area contributed by atoms with E-state index in [1.54, 1.807) is 13.0 Å². The second-order valence-electron chi connectivity index (χ2n) is 4.67. The smallest absolute Gasteiger partial charge is 0.326 e. The largest absolute Gasteiger partial charge is 0.480 e. The van der Waals surface area contributed by atoms with Crippen molar-refractivity contribution in [2.24, 2.45) is 5.92 Å². The van der Waals surface area contributed by atoms with Gasteiger partial charge in [0.2, 0.25) is 0 Å². The molecule has 0 heterocycles. The summed E-state index contributed by atoms with van der Waals surface area (Å²) in [4.78, 5) is 11.2. The van der Waals surface area contributed by atoms with Crippen molar-refractivity contribution < 1.29 is 14.3 Å². The maximum Gasteiger partial charge on any atom is 0.326 e. The zero-order valence-corrected chi connectivity index (χ0v) is 9.74. The molecule has 0 aliphatic heterocycles. The second-order valence-corrected chi connectivity index (χ2v) is 4.67. The molecule has 1 unspecified atom stereocenters. The molecule has 0 saturated heterocycles. The van der Waals surface area contributed by atoms with Gasteiger partial charge in [0.05, 0.1) is 0 Å². The first-order chi connectivity index (χ1) is 8.06. The summed E-state index contributed by atoms with van der Waals surface area (Å²) in [6, 6.07) is 3.91. The summed E-state index contributed by atoms with van der Waals surface area (Å²) in [6.07, 6.45) is 2.94. The molecule has 0 spiro atoms. The highest BCUT2D eigenvalue weighted by atomic mass is 19.1. The van der Waals surface area contributed by atoms with Crippen LogP contribution in [0.15, 0.2) is 18.2 Å². The van der Waals surface area contributed by atoms with Crippen LogP contribution in [0, 0.1) is 18.7 Å². The standard InChI is InChI=1S/C13H16FNO2/c1-8-5-10(14)7-11(6-8)15-12(13(16)17)9-3-2-4-9/h5-7,9,12,15H,2-4H2,1H3,(H,16,17). The molecule has 2 rings (SSSR count). The van der Waals surface area contributed by atoms with Crippen molar-refractivity contribution in [2.75, 3.05) is 5.32 Å². The first kappa shape index (κ1) is 11.9. The maximum atomic E-state index is 13.2. The Labute approximate surface area is 99.7 Å². The molecule has 2 N–H and O–H groups in total. The minimum absolute atomic E-state index is 0.163. The van der Waals surface area contributed by atoms with Gasteiger partial charge in [-0.2, -0.15) is 0 Å². The summed E-state index contributed by atoms with van der Waals surface area (Å²) < 4.78 is 13.2. The van der Waals surface area contributed by atoms with Crippen molar-refractivity contribution in [3.05, 3.63) is 29.6 Å². The number of rotatable bonds is 4. The molecule has 1 aromatic rings. The molecule has 1 aromatic carbocycles. The molecular formula is C13H16FNO2. The Bertz CT molecular complexity index is 409. The van der Waals surface area contributed by atoms with E-state index in [0.29, 0.717) is 5.69 Å². The summed E-state index contributed by atoms with van der Waals surface area (Å²) in [5, 5.41) is 12.1. The number of carbonyl (C=O) groups is 1. The lowest BCUT2D eigenvalue weighted by atomic mass is 9.79. The van der Waals surface area contributed by atoms with Gasteiger partial charge in [-0.1, -0.05) is 6.42 Å². The van der Waals surface area contributed by atoms with Crippen molar-refractivity contribution in [1.82, 2.24) is 0 Å². The first-order valence-electron chi connectivity index (χ1n) is 5.83. The van der Waals surface area contributed by atoms with Crippen LogP contribution in [-0.2, 0) is 4.79 Å². The van der Waals surface area contributed by atoms with E-state index >= 15 is 0 Å². The predicted molar refractivity (Wildman–Crippen MR) is 63.5 cm³/mol. The average molecular weight is 237 g/mol. The summed E-state index contributed by atoms with van der Waals surface area (Å²) in [5.41, 5.74) is 1.33. The normalized spacial score (nSPS) is 17.3. The van der Waals surface area contributed by atoms with Crippen LogP contribution in [-0.4, -0.2) is 17.1 Å². The quantitative estimate of drug-likeness (QED) is 0.846. The molecule has 0 amide bonds. The minimum atomic E-state index is -0.864. The lowest BCUT2D eigenvalue weighted by molar-refractivity contribution is -0.139. The van der Waals surface area contributed by atoms with E-state index in [1.807, 2.05) is 0 Å². The summed E-state index contributed by atoms with van der Waals surface area (Å²) in [6.45, 7) is 1.79. The van der Waals surface area contributed by atoms with Crippen LogP contribution in [0.4, 0.5) is 10.1 Å². The molecule has 0 bridgehead atoms. The van der Waals surface area contributed by atoms with E-state index in [9.17, 15) is 9.18 Å². The van der Waals surface area contributed by atoms with Crippen molar-refractivity contribution in [3.8, 4) is 0 Å². The SMILES string of the molecule is Cc1cc(F)cc(NC(C(=O)O)C2CCC2)c1. The predicted octanol–water partition coefficient (Wildman–Crippen LogP) is 2.80. The molecule has 17 heavy (non-hydrogen) atoms. The highest BCUT2D eigenvalue weighted by Gasteiger charge is 2.32. The van der Waals surface area contributed by atoms with Crippen LogP contribution in [0.3, 0.4) is 0 Å². The Balaban J connectivity index is 2.13. The third-order valence-corrected chi connectivity index (χ3v) is 3.25. The van der Waals surface area contributed by atoms with Gasteiger partial charge in [0.1, 0.15) is 11.9 Å². The summed E-state index contributed by atoms with van der Waals surface area (Å²) >= 11 is 0. The Kier molecular flexibility index (Phi) is 3.31. The number of hydrogen-bond donors (Lipinski definition) is 2. The molecule has 0 aromatic heterocycles. The van der Waals surface area contributed by atoms with Gasteiger partial charge in [0.15, 0.2) is 0 Å². The number of nitrogens with one attached hydrogen (secondary N) is 1. The highest BCUT2D eigenvalue weighted by Crippen LogP contribution is 2.31. The van der Waals surface area contributed by atoms with E-state index in [4.69, 9.17) is 5.11 Å². The topological polar surface area (TPSA) is 49.3 Å². The molecule has 4 heteroatoms. The van der Waals surface area contributed by atoms with Crippen LogP contribution < -0.4 is 5.32 Å². The van der Waals surface area contributed by atoms with Crippen molar-refractivity contribution in [3.63, 3.8) is 0 Å². The van der Waals surface area contributed by atoms with Crippen molar-refractivity contribution in [1.29, 1.82) is 0 Å². The van der Waals surface area contributed by atoms with Gasteiger partial charge in [-0.15, -0.1) is 0 Å². The zero-order valence-electron chi connectivity index (χ0n) is 9.74. The molecule has 0 radical (unpaired) electrons. The molecule has 1 aliphatic rings. The Morgan fingerprint density at radius 1 is 1.47 bits per heavy atom. The van der Waals surface area contributed by atoms with Gasteiger partial charge in [-0.25, -0.2) is 9.18 Å². The van der Waals surface area contributed by atoms with E-state index in [2.05, 4.69) is 5.32 Å². The fourth-order valence-electron chi connectivity index (χ4n) is 2.15. The van der Waals surface area contributed by atoms with Crippen molar-refractivity contribution in [2.45, 2.75) is 32.2 Å². The third kappa shape index (κ3) is 2.75.